The van der Waals surface area contributed by atoms with Crippen molar-refractivity contribution >= 4 is 33.8 Å². The van der Waals surface area contributed by atoms with E-state index in [0.29, 0.717) is 12.5 Å². The van der Waals surface area contributed by atoms with Gasteiger partial charge >= 0.3 is 17.9 Å². The number of nitrogens with zero attached hydrogens (tertiary/aromatic N) is 2. The first-order valence-corrected chi connectivity index (χ1v) is 14.3. The molecule has 0 aromatic heterocycles. The van der Waals surface area contributed by atoms with E-state index in [0.717, 1.165) is 44.6 Å². The third kappa shape index (κ3) is 10.5. The van der Waals surface area contributed by atoms with E-state index in [1.807, 2.05) is 4.90 Å². The monoisotopic (exact) mass is 571 g/mol. The van der Waals surface area contributed by atoms with E-state index in [-0.39, 0.29) is 10.8 Å². The molecule has 1 amide bonds. The summed E-state index contributed by atoms with van der Waals surface area (Å²) in [5.74, 6) is -4.88. The largest absolute Gasteiger partial charge is 0.481 e. The fourth-order valence-electron chi connectivity index (χ4n) is 4.75. The molecule has 6 N–H and O–H groups in total. The Morgan fingerprint density at radius 3 is 1.90 bits per heavy atom. The minimum Gasteiger partial charge on any atom is -0.481 e. The first kappa shape index (κ1) is 32.1. The molecule has 1 aromatic rings. The van der Waals surface area contributed by atoms with Gasteiger partial charge in [-0.15, -0.1) is 0 Å². The number of aliphatic carboxylic acids is 3. The van der Waals surface area contributed by atoms with E-state index in [9.17, 15) is 27.6 Å². The lowest BCUT2D eigenvalue weighted by Gasteiger charge is -2.40. The number of rotatable bonds is 10. The highest BCUT2D eigenvalue weighted by Crippen LogP contribution is 2.21. The minimum absolute atomic E-state index is 0.0784. The van der Waals surface area contributed by atoms with Crippen LogP contribution in [0.15, 0.2) is 29.2 Å². The number of carboxylic acid groups (broad SMARTS) is 3. The minimum atomic E-state index is -3.69. The van der Waals surface area contributed by atoms with E-state index in [1.165, 1.54) is 37.8 Å². The van der Waals surface area contributed by atoms with Crippen LogP contribution >= 0.6 is 0 Å². The molecule has 1 aromatic carbocycles. The Kier molecular flexibility index (Phi) is 11.8. The van der Waals surface area contributed by atoms with Gasteiger partial charge in [0.05, 0.1) is 24.2 Å². The van der Waals surface area contributed by atoms with Crippen LogP contribution in [0.4, 0.5) is 0 Å². The SMILES string of the molecule is NS(=O)(=O)c1ccc(CC(=O)N2CCCCC2CN2CCCCC2)cc1.O=C(O)CC(O)(CC(=O)O)C(=O)O. The molecule has 1 atom stereocenters. The van der Waals surface area contributed by atoms with E-state index in [2.05, 4.69) is 4.90 Å². The number of aliphatic hydroxyl groups is 1. The third-order valence-electron chi connectivity index (χ3n) is 6.76. The first-order valence-electron chi connectivity index (χ1n) is 12.7. The zero-order valence-corrected chi connectivity index (χ0v) is 22.5. The van der Waals surface area contributed by atoms with Gasteiger partial charge in [0.2, 0.25) is 15.9 Å². The molecule has 0 radical (unpaired) electrons. The topological polar surface area (TPSA) is 216 Å². The molecular formula is C25H37N3O10S. The zero-order valence-electron chi connectivity index (χ0n) is 21.7. The van der Waals surface area contributed by atoms with Gasteiger partial charge in [-0.05, 0) is 62.9 Å². The quantitative estimate of drug-likeness (QED) is 0.260. The van der Waals surface area contributed by atoms with Gasteiger partial charge in [-0.1, -0.05) is 18.6 Å². The lowest BCUT2D eigenvalue weighted by Crippen LogP contribution is -2.50. The Labute approximate surface area is 227 Å². The molecule has 2 aliphatic heterocycles. The summed E-state index contributed by atoms with van der Waals surface area (Å²) < 4.78 is 22.7. The molecule has 13 nitrogen and oxygen atoms in total. The number of carbonyl (C=O) groups is 4. The number of carboxylic acids is 3. The van der Waals surface area contributed by atoms with Gasteiger partial charge in [0, 0.05) is 19.1 Å². The molecule has 3 rings (SSSR count). The summed E-state index contributed by atoms with van der Waals surface area (Å²) in [6, 6.07) is 6.61. The summed E-state index contributed by atoms with van der Waals surface area (Å²) in [6.45, 7) is 4.10. The molecule has 0 aliphatic carbocycles. The van der Waals surface area contributed by atoms with E-state index in [4.69, 9.17) is 25.6 Å². The van der Waals surface area contributed by atoms with Crippen molar-refractivity contribution in [2.45, 2.75) is 74.3 Å². The predicted octanol–water partition coefficient (Wildman–Crippen LogP) is 0.495. The van der Waals surface area contributed by atoms with Crippen molar-refractivity contribution < 1.29 is 48.0 Å². The summed E-state index contributed by atoms with van der Waals surface area (Å²) >= 11 is 0. The van der Waals surface area contributed by atoms with E-state index >= 15 is 0 Å². The predicted molar refractivity (Wildman–Crippen MR) is 138 cm³/mol. The fraction of sp³-hybridized carbons (Fsp3) is 0.600. The number of sulfonamides is 1. The van der Waals surface area contributed by atoms with E-state index in [1.54, 1.807) is 12.1 Å². The molecular weight excluding hydrogens is 534 g/mol. The molecule has 2 heterocycles. The molecule has 1 unspecified atom stereocenters. The van der Waals surface area contributed by atoms with Gasteiger partial charge < -0.3 is 30.2 Å². The van der Waals surface area contributed by atoms with Crippen LogP contribution in [0.5, 0.6) is 0 Å². The average Bonchev–Trinajstić information content (AvgIpc) is 2.84. The van der Waals surface area contributed by atoms with Crippen LogP contribution in [0.25, 0.3) is 0 Å². The molecule has 0 saturated carbocycles. The Morgan fingerprint density at radius 1 is 0.872 bits per heavy atom. The Bertz CT molecular complexity index is 1100. The van der Waals surface area contributed by atoms with Crippen LogP contribution in [-0.2, 0) is 35.6 Å². The van der Waals surface area contributed by atoms with Crippen molar-refractivity contribution in [3.05, 3.63) is 29.8 Å². The van der Waals surface area contributed by atoms with Gasteiger partial charge in [-0.25, -0.2) is 18.4 Å². The average molecular weight is 572 g/mol. The van der Waals surface area contributed by atoms with Crippen molar-refractivity contribution in [2.75, 3.05) is 26.2 Å². The molecule has 0 spiro atoms. The maximum absolute atomic E-state index is 12.9. The second-order valence-electron chi connectivity index (χ2n) is 9.94. The maximum Gasteiger partial charge on any atom is 0.336 e. The molecule has 39 heavy (non-hydrogen) atoms. The number of piperidine rings is 2. The second kappa shape index (κ2) is 14.4. The maximum atomic E-state index is 12.9. The standard InChI is InChI=1S/C19H29N3O3S.C6H8O7/c20-26(24,25)18-9-7-16(8-10-18)14-19(23)22-13-5-2-6-17(22)15-21-11-3-1-4-12-21;7-3(8)1-6(13,5(11)12)2-4(9)10/h7-10,17H,1-6,11-15H2,(H2,20,24,25);13H,1-2H2,(H,7,8)(H,9,10)(H,11,12). The van der Waals surface area contributed by atoms with Crippen LogP contribution in [-0.4, -0.2) is 100 Å². The van der Waals surface area contributed by atoms with Crippen LogP contribution in [0.3, 0.4) is 0 Å². The molecule has 2 aliphatic rings. The third-order valence-corrected chi connectivity index (χ3v) is 7.69. The molecule has 14 heteroatoms. The highest BCUT2D eigenvalue weighted by atomic mass is 32.2. The van der Waals surface area contributed by atoms with Gasteiger partial charge in [-0.3, -0.25) is 14.4 Å². The van der Waals surface area contributed by atoms with Crippen LogP contribution in [0.2, 0.25) is 0 Å². The highest BCUT2D eigenvalue weighted by Gasteiger charge is 2.40. The van der Waals surface area contributed by atoms with Gasteiger partial charge in [0.1, 0.15) is 0 Å². The molecule has 2 saturated heterocycles. The summed E-state index contributed by atoms with van der Waals surface area (Å²) in [4.78, 5) is 48.0. The summed E-state index contributed by atoms with van der Waals surface area (Å²) in [5, 5.41) is 38.9. The lowest BCUT2D eigenvalue weighted by molar-refractivity contribution is -0.170. The van der Waals surface area contributed by atoms with Crippen molar-refractivity contribution in [3.63, 3.8) is 0 Å². The summed E-state index contributed by atoms with van der Waals surface area (Å²) in [5.41, 5.74) is -1.91. The van der Waals surface area contributed by atoms with Crippen LogP contribution in [0.1, 0.15) is 56.9 Å². The molecule has 0 bridgehead atoms. The number of amides is 1. The number of primary sulfonamides is 1. The highest BCUT2D eigenvalue weighted by molar-refractivity contribution is 7.89. The Morgan fingerprint density at radius 2 is 1.41 bits per heavy atom. The number of carbonyl (C=O) groups excluding carboxylic acids is 1. The lowest BCUT2D eigenvalue weighted by atomic mass is 9.96. The number of benzene rings is 1. The Balaban J connectivity index is 0.000000349. The number of hydrogen-bond acceptors (Lipinski definition) is 8. The van der Waals surface area contributed by atoms with E-state index < -0.39 is 46.4 Å². The van der Waals surface area contributed by atoms with Crippen molar-refractivity contribution in [1.29, 1.82) is 0 Å². The van der Waals surface area contributed by atoms with Gasteiger partial charge in [-0.2, -0.15) is 0 Å². The Hall–Kier alpha value is -3.07. The molecule has 2 fully saturated rings. The number of nitrogens with two attached hydrogens (primary N) is 1. The summed E-state index contributed by atoms with van der Waals surface area (Å²) in [6.07, 6.45) is 5.18. The van der Waals surface area contributed by atoms with Crippen LogP contribution < -0.4 is 5.14 Å². The van der Waals surface area contributed by atoms with Gasteiger partial charge in [0.25, 0.3) is 0 Å². The first-order chi connectivity index (χ1) is 18.2. The van der Waals surface area contributed by atoms with Crippen molar-refractivity contribution in [2.24, 2.45) is 5.14 Å². The normalized spacial score (nSPS) is 18.5. The second-order valence-corrected chi connectivity index (χ2v) is 11.5. The molecule has 218 valence electrons. The summed E-state index contributed by atoms with van der Waals surface area (Å²) in [7, 11) is -3.69. The number of likely N-dealkylation sites (tertiary alicyclic amines) is 2. The van der Waals surface area contributed by atoms with Crippen molar-refractivity contribution in [1.82, 2.24) is 9.80 Å². The smallest absolute Gasteiger partial charge is 0.336 e. The van der Waals surface area contributed by atoms with Crippen LogP contribution in [0, 0.1) is 0 Å². The fourth-order valence-corrected chi connectivity index (χ4v) is 5.26. The zero-order chi connectivity index (χ0) is 29.2. The number of hydrogen-bond donors (Lipinski definition) is 5. The van der Waals surface area contributed by atoms with Gasteiger partial charge in [0.15, 0.2) is 5.60 Å². The van der Waals surface area contributed by atoms with Crippen molar-refractivity contribution in [3.8, 4) is 0 Å².